The Balaban J connectivity index is 0.00000139. The van der Waals surface area contributed by atoms with Gasteiger partial charge in [0.2, 0.25) is 15.9 Å². The van der Waals surface area contributed by atoms with Crippen LogP contribution in [0.25, 0.3) is 55.8 Å². The van der Waals surface area contributed by atoms with Crippen LogP contribution in [0.15, 0.2) is 71.3 Å². The molecule has 260 valence electrons. The lowest BCUT2D eigenvalue weighted by Crippen LogP contribution is -2.25. The van der Waals surface area contributed by atoms with Crippen LogP contribution in [-0.4, -0.2) is 69.4 Å². The molecular formula is C35H31F4N5O5S. The minimum atomic E-state index is -4.54. The Kier molecular flexibility index (Phi) is 9.13. The highest BCUT2D eigenvalue weighted by Gasteiger charge is 2.29. The van der Waals surface area contributed by atoms with Crippen LogP contribution < -0.4 is 14.4 Å². The lowest BCUT2D eigenvalue weighted by atomic mass is 9.99. The van der Waals surface area contributed by atoms with Crippen molar-refractivity contribution in [1.29, 1.82) is 0 Å². The molecule has 0 saturated carbocycles. The van der Waals surface area contributed by atoms with Gasteiger partial charge in [0.25, 0.3) is 0 Å². The number of nitrogens with zero attached hydrogens (tertiary/aromatic N) is 4. The van der Waals surface area contributed by atoms with Crippen molar-refractivity contribution >= 4 is 43.9 Å². The van der Waals surface area contributed by atoms with Crippen molar-refractivity contribution in [3.8, 4) is 39.8 Å². The predicted molar refractivity (Wildman–Crippen MR) is 182 cm³/mol. The zero-order valence-corrected chi connectivity index (χ0v) is 28.1. The third kappa shape index (κ3) is 6.53. The van der Waals surface area contributed by atoms with Crippen LogP contribution in [-0.2, 0) is 23.0 Å². The van der Waals surface area contributed by atoms with Gasteiger partial charge in [-0.05, 0) is 62.5 Å². The molecule has 1 N–H and O–H groups in total. The van der Waals surface area contributed by atoms with E-state index in [1.54, 1.807) is 24.3 Å². The number of nitrogens with one attached hydrogen (secondary N) is 1. The summed E-state index contributed by atoms with van der Waals surface area (Å²) in [7, 11) is 1.35. The van der Waals surface area contributed by atoms with E-state index in [4.69, 9.17) is 9.40 Å². The molecule has 7 rings (SSSR count). The minimum Gasteiger partial charge on any atom is -0.468 e. The van der Waals surface area contributed by atoms with Crippen LogP contribution >= 0.6 is 0 Å². The molecule has 0 amide bonds. The molecule has 0 spiro atoms. The molecule has 2 aromatic carbocycles. The first-order valence-corrected chi connectivity index (χ1v) is 17.1. The maximum Gasteiger partial charge on any atom is 0.422 e. The highest BCUT2D eigenvalue weighted by Crippen LogP contribution is 2.42. The maximum absolute atomic E-state index is 14.7. The van der Waals surface area contributed by atoms with Gasteiger partial charge in [0, 0.05) is 53.8 Å². The zero-order chi connectivity index (χ0) is 36.0. The lowest BCUT2D eigenvalue weighted by molar-refractivity contribution is -0.154. The Labute approximate surface area is 284 Å². The fourth-order valence-corrected chi connectivity index (χ4v) is 6.37. The van der Waals surface area contributed by atoms with E-state index in [9.17, 15) is 30.8 Å². The number of benzene rings is 2. The lowest BCUT2D eigenvalue weighted by Gasteiger charge is -2.22. The molecule has 15 heteroatoms. The second-order valence-corrected chi connectivity index (χ2v) is 13.7. The molecular weight excluding hydrogens is 678 g/mol. The zero-order valence-electron chi connectivity index (χ0n) is 27.3. The smallest absolute Gasteiger partial charge is 0.422 e. The second kappa shape index (κ2) is 13.2. The Bertz CT molecular complexity index is 2350. The van der Waals surface area contributed by atoms with Crippen molar-refractivity contribution in [1.82, 2.24) is 19.9 Å². The second-order valence-electron chi connectivity index (χ2n) is 11.7. The van der Waals surface area contributed by atoms with Gasteiger partial charge in [0.05, 0.1) is 40.1 Å². The van der Waals surface area contributed by atoms with Crippen molar-refractivity contribution in [3.05, 3.63) is 83.8 Å². The molecule has 0 fully saturated rings. The third-order valence-electron chi connectivity index (χ3n) is 8.18. The molecule has 0 aliphatic carbocycles. The Morgan fingerprint density at radius 2 is 1.84 bits per heavy atom. The number of hydrogen-bond acceptors (Lipinski definition) is 8. The van der Waals surface area contributed by atoms with Gasteiger partial charge in [-0.3, -0.25) is 9.10 Å². The summed E-state index contributed by atoms with van der Waals surface area (Å²) in [5.74, 6) is -0.533. The van der Waals surface area contributed by atoms with Crippen LogP contribution in [0, 0.1) is 5.82 Å². The quantitative estimate of drug-likeness (QED) is 0.141. The van der Waals surface area contributed by atoms with E-state index in [2.05, 4.69) is 15.0 Å². The summed E-state index contributed by atoms with van der Waals surface area (Å²) >= 11 is 0. The summed E-state index contributed by atoms with van der Waals surface area (Å²) in [5, 5.41) is 3.57. The average molecular weight is 710 g/mol. The minimum absolute atomic E-state index is 0.0833. The molecule has 50 heavy (non-hydrogen) atoms. The molecule has 6 aromatic rings. The van der Waals surface area contributed by atoms with Crippen LogP contribution in [0.4, 0.5) is 23.2 Å². The average Bonchev–Trinajstić information content (AvgIpc) is 3.65. The number of hydrogen-bond donors (Lipinski definition) is 1. The van der Waals surface area contributed by atoms with Gasteiger partial charge in [-0.25, -0.2) is 22.8 Å². The Morgan fingerprint density at radius 1 is 1.08 bits per heavy atom. The number of aromatic nitrogens is 3. The van der Waals surface area contributed by atoms with Crippen molar-refractivity contribution in [3.63, 3.8) is 0 Å². The van der Waals surface area contributed by atoms with E-state index < -0.39 is 22.8 Å². The molecule has 1 aliphatic rings. The fourth-order valence-electron chi connectivity index (χ4n) is 5.86. The number of ether oxygens (including phenoxy) is 1. The first kappa shape index (κ1) is 34.6. The molecule has 4 aromatic heterocycles. The number of sulfonamides is 1. The van der Waals surface area contributed by atoms with E-state index >= 15 is 0 Å². The summed E-state index contributed by atoms with van der Waals surface area (Å²) in [6, 6.07) is 16.1. The number of anilines is 1. The standard InChI is InChI=1S/C33H24F4N4O5S.C2H7N/c1-40(47(2,43)44)27-14-29-20(23(16-42)32(46-29)19-7-9-30(38-15-19)45-17-33(35,36)37)12-22(27)25-8-6-18-10-11-41-26-5-3-4-24(34)21(26)13-28(41)31(18)39-25;1-3-2/h3-9,12-16H,10-11,17H2,1-2H3;3H,1-2H3. The van der Waals surface area contributed by atoms with Crippen molar-refractivity contribution in [2.24, 2.45) is 0 Å². The van der Waals surface area contributed by atoms with Gasteiger partial charge >= 0.3 is 6.18 Å². The monoisotopic (exact) mass is 709 g/mol. The topological polar surface area (TPSA) is 120 Å². The van der Waals surface area contributed by atoms with E-state index in [1.165, 1.54) is 37.5 Å². The highest BCUT2D eigenvalue weighted by atomic mass is 32.2. The predicted octanol–water partition coefficient (Wildman–Crippen LogP) is 6.86. The van der Waals surface area contributed by atoms with E-state index in [-0.39, 0.29) is 39.9 Å². The summed E-state index contributed by atoms with van der Waals surface area (Å²) < 4.78 is 91.7. The van der Waals surface area contributed by atoms with Gasteiger partial charge in [-0.15, -0.1) is 0 Å². The SMILES string of the molecule is CN(c1cc2oc(-c3ccc(OCC(F)(F)F)nc3)c(C=O)c2cc1-c1ccc2c(n1)-c1cc3c(F)cccc3n1CC2)S(C)(=O)=O.CNC. The number of carbonyl (C=O) groups excluding carboxylic acids is 1. The largest absolute Gasteiger partial charge is 0.468 e. The van der Waals surface area contributed by atoms with Gasteiger partial charge < -0.3 is 19.0 Å². The van der Waals surface area contributed by atoms with Crippen LogP contribution in [0.3, 0.4) is 0 Å². The number of carbonyl (C=O) groups is 1. The van der Waals surface area contributed by atoms with Crippen LogP contribution in [0.5, 0.6) is 5.88 Å². The normalized spacial score (nSPS) is 12.6. The van der Waals surface area contributed by atoms with E-state index in [0.717, 1.165) is 27.3 Å². The molecule has 1 aliphatic heterocycles. The molecule has 5 heterocycles. The number of halogens is 4. The molecule has 0 unspecified atom stereocenters. The number of fused-ring (bicyclic) bond motifs is 6. The van der Waals surface area contributed by atoms with Gasteiger partial charge in [-0.1, -0.05) is 12.1 Å². The maximum atomic E-state index is 14.7. The summed E-state index contributed by atoms with van der Waals surface area (Å²) in [6.07, 6.45) is -1.05. The summed E-state index contributed by atoms with van der Waals surface area (Å²) in [4.78, 5) is 21.3. The van der Waals surface area contributed by atoms with Crippen molar-refractivity contribution < 1.29 is 39.9 Å². The number of rotatable bonds is 7. The van der Waals surface area contributed by atoms with Crippen LogP contribution in [0.2, 0.25) is 0 Å². The highest BCUT2D eigenvalue weighted by molar-refractivity contribution is 7.92. The van der Waals surface area contributed by atoms with E-state index in [0.29, 0.717) is 47.0 Å². The number of pyridine rings is 2. The molecule has 0 atom stereocenters. The Hall–Kier alpha value is -5.28. The van der Waals surface area contributed by atoms with Gasteiger partial charge in [0.1, 0.15) is 17.2 Å². The first-order chi connectivity index (χ1) is 23.7. The fraction of sp³-hybridized carbons (Fsp3) is 0.229. The first-order valence-electron chi connectivity index (χ1n) is 15.3. The number of alkyl halides is 3. The number of aryl methyl sites for hydroxylation is 2. The number of aldehydes is 1. The molecule has 10 nitrogen and oxygen atoms in total. The van der Waals surface area contributed by atoms with Gasteiger partial charge in [0.15, 0.2) is 12.9 Å². The molecule has 0 radical (unpaired) electrons. The third-order valence-corrected chi connectivity index (χ3v) is 9.37. The summed E-state index contributed by atoms with van der Waals surface area (Å²) in [6.45, 7) is -0.881. The van der Waals surface area contributed by atoms with Crippen molar-refractivity contribution in [2.45, 2.75) is 19.1 Å². The van der Waals surface area contributed by atoms with E-state index in [1.807, 2.05) is 30.8 Å². The summed E-state index contributed by atoms with van der Waals surface area (Å²) in [5.41, 5.74) is 4.64. The Morgan fingerprint density at radius 3 is 2.50 bits per heavy atom. The molecule has 0 bridgehead atoms. The van der Waals surface area contributed by atoms with Crippen molar-refractivity contribution in [2.75, 3.05) is 38.3 Å². The number of furan rings is 1. The van der Waals surface area contributed by atoms with Gasteiger partial charge in [-0.2, -0.15) is 13.2 Å². The van der Waals surface area contributed by atoms with Crippen LogP contribution in [0.1, 0.15) is 15.9 Å². The molecule has 0 saturated heterocycles.